The summed E-state index contributed by atoms with van der Waals surface area (Å²) in [7, 11) is 0. The predicted molar refractivity (Wildman–Crippen MR) is 118 cm³/mol. The minimum Gasteiger partial charge on any atom is -0.206 e. The molecule has 0 N–H and O–H groups in total. The van der Waals surface area contributed by atoms with Gasteiger partial charge in [0, 0.05) is 10.9 Å². The number of hydrogen-bond acceptors (Lipinski definition) is 0. The van der Waals surface area contributed by atoms with Crippen LogP contribution in [0.3, 0.4) is 0 Å². The first-order valence-electron chi connectivity index (χ1n) is 11.2. The van der Waals surface area contributed by atoms with Crippen LogP contribution in [0.5, 0.6) is 0 Å². The van der Waals surface area contributed by atoms with Crippen LogP contribution in [0.15, 0.2) is 48.5 Å². The Morgan fingerprint density at radius 1 is 0.800 bits per heavy atom. The van der Waals surface area contributed by atoms with E-state index in [1.165, 1.54) is 63.0 Å². The second kappa shape index (κ2) is 9.24. The summed E-state index contributed by atoms with van der Waals surface area (Å²) < 4.78 is 42.0. The number of unbranched alkanes of at least 4 members (excludes halogenated alkanes) is 2. The summed E-state index contributed by atoms with van der Waals surface area (Å²) in [5, 5.41) is 1.38. The van der Waals surface area contributed by atoms with Crippen LogP contribution < -0.4 is 0 Å². The fraction of sp³-hybridized carbons (Fsp3) is 0.407. The van der Waals surface area contributed by atoms with Crippen LogP contribution in [0.25, 0.3) is 21.9 Å². The first-order valence-corrected chi connectivity index (χ1v) is 11.2. The first-order chi connectivity index (χ1) is 14.6. The van der Waals surface area contributed by atoms with E-state index < -0.39 is 11.6 Å². The highest BCUT2D eigenvalue weighted by Gasteiger charge is 2.22. The molecule has 1 fully saturated rings. The Hall–Kier alpha value is -2.29. The van der Waals surface area contributed by atoms with Gasteiger partial charge in [-0.3, -0.25) is 0 Å². The largest absolute Gasteiger partial charge is 0.206 e. The Balaban J connectivity index is 1.52. The molecule has 0 aliphatic heterocycles. The molecule has 30 heavy (non-hydrogen) atoms. The molecule has 1 aliphatic rings. The van der Waals surface area contributed by atoms with Gasteiger partial charge in [0.15, 0.2) is 11.6 Å². The summed E-state index contributed by atoms with van der Waals surface area (Å²) in [6, 6.07) is 13.0. The van der Waals surface area contributed by atoms with E-state index in [2.05, 4.69) is 13.0 Å². The maximum absolute atomic E-state index is 15.1. The summed E-state index contributed by atoms with van der Waals surface area (Å²) in [4.78, 5) is 0. The second-order valence-corrected chi connectivity index (χ2v) is 8.75. The van der Waals surface area contributed by atoms with Crippen molar-refractivity contribution in [1.82, 2.24) is 0 Å². The highest BCUT2D eigenvalue weighted by atomic mass is 19.2. The summed E-state index contributed by atoms with van der Waals surface area (Å²) in [5.41, 5.74) is 1.93. The average molecular weight is 411 g/mol. The molecule has 158 valence electrons. The lowest BCUT2D eigenvalue weighted by molar-refractivity contribution is 0.303. The highest BCUT2D eigenvalue weighted by molar-refractivity contribution is 5.88. The van der Waals surface area contributed by atoms with Crippen molar-refractivity contribution in [3.8, 4) is 11.1 Å². The predicted octanol–water partition coefficient (Wildman–Crippen LogP) is 8.78. The van der Waals surface area contributed by atoms with E-state index in [1.54, 1.807) is 6.07 Å². The van der Waals surface area contributed by atoms with Gasteiger partial charge in [-0.2, -0.15) is 0 Å². The summed E-state index contributed by atoms with van der Waals surface area (Å²) in [6.45, 7) is 2.25. The third-order valence-corrected chi connectivity index (χ3v) is 6.74. The van der Waals surface area contributed by atoms with Gasteiger partial charge in [-0.25, -0.2) is 13.2 Å². The minimum atomic E-state index is -0.965. The van der Waals surface area contributed by atoms with Crippen molar-refractivity contribution < 1.29 is 13.2 Å². The molecule has 0 saturated heterocycles. The molecule has 0 bridgehead atoms. The van der Waals surface area contributed by atoms with E-state index in [4.69, 9.17) is 0 Å². The third kappa shape index (κ3) is 4.40. The SMILES string of the molecule is CCCCC[C@H]1CC[C@H](c2ccc3c(F)c(-c4ccc(F)c(F)c4)ccc3c2)CC1. The zero-order chi connectivity index (χ0) is 21.1. The Kier molecular flexibility index (Phi) is 6.46. The molecular formula is C27H29F3. The molecule has 0 nitrogen and oxygen atoms in total. The molecule has 4 rings (SSSR count). The fourth-order valence-electron chi connectivity index (χ4n) is 4.92. The monoisotopic (exact) mass is 410 g/mol. The lowest BCUT2D eigenvalue weighted by Crippen LogP contribution is -2.13. The molecule has 3 aromatic rings. The van der Waals surface area contributed by atoms with Crippen LogP contribution in [0, 0.1) is 23.4 Å². The molecule has 0 aromatic heterocycles. The fourth-order valence-corrected chi connectivity index (χ4v) is 4.92. The van der Waals surface area contributed by atoms with Crippen molar-refractivity contribution in [3.05, 3.63) is 71.5 Å². The van der Waals surface area contributed by atoms with Crippen molar-refractivity contribution >= 4 is 10.8 Å². The van der Waals surface area contributed by atoms with E-state index >= 15 is 4.39 Å². The number of rotatable bonds is 6. The van der Waals surface area contributed by atoms with E-state index in [1.807, 2.05) is 18.2 Å². The number of hydrogen-bond donors (Lipinski definition) is 0. The Morgan fingerprint density at radius 2 is 1.60 bits per heavy atom. The molecule has 1 saturated carbocycles. The quantitative estimate of drug-likeness (QED) is 0.356. The van der Waals surface area contributed by atoms with Crippen LogP contribution in [-0.2, 0) is 0 Å². The van der Waals surface area contributed by atoms with E-state index in [0.717, 1.165) is 23.4 Å². The van der Waals surface area contributed by atoms with Crippen molar-refractivity contribution in [1.29, 1.82) is 0 Å². The van der Waals surface area contributed by atoms with Crippen molar-refractivity contribution in [2.45, 2.75) is 64.2 Å². The second-order valence-electron chi connectivity index (χ2n) is 8.75. The van der Waals surface area contributed by atoms with Gasteiger partial charge in [0.05, 0.1) is 0 Å². The summed E-state index contributed by atoms with van der Waals surface area (Å²) >= 11 is 0. The highest BCUT2D eigenvalue weighted by Crippen LogP contribution is 2.39. The maximum Gasteiger partial charge on any atom is 0.159 e. The Morgan fingerprint density at radius 3 is 2.33 bits per heavy atom. The first kappa shape index (κ1) is 21.0. The molecule has 3 heteroatoms. The summed E-state index contributed by atoms with van der Waals surface area (Å²) in [6.07, 6.45) is 10.3. The van der Waals surface area contributed by atoms with Gasteiger partial charge in [0.2, 0.25) is 0 Å². The van der Waals surface area contributed by atoms with E-state index in [9.17, 15) is 8.78 Å². The minimum absolute atomic E-state index is 0.293. The normalized spacial score (nSPS) is 19.3. The number of halogens is 3. The molecule has 1 aliphatic carbocycles. The zero-order valence-electron chi connectivity index (χ0n) is 17.6. The number of fused-ring (bicyclic) bond motifs is 1. The van der Waals surface area contributed by atoms with Gasteiger partial charge < -0.3 is 0 Å². The van der Waals surface area contributed by atoms with Gasteiger partial charge in [-0.05, 0) is 66.2 Å². The molecule has 0 spiro atoms. The lowest BCUT2D eigenvalue weighted by Gasteiger charge is -2.29. The molecule has 0 unspecified atom stereocenters. The average Bonchev–Trinajstić information content (AvgIpc) is 2.76. The third-order valence-electron chi connectivity index (χ3n) is 6.74. The van der Waals surface area contributed by atoms with Gasteiger partial charge in [0.1, 0.15) is 5.82 Å². The van der Waals surface area contributed by atoms with Gasteiger partial charge in [-0.1, -0.05) is 69.0 Å². The Labute approximate surface area is 177 Å². The van der Waals surface area contributed by atoms with E-state index in [-0.39, 0.29) is 5.82 Å². The molecule has 3 aromatic carbocycles. The van der Waals surface area contributed by atoms with E-state index in [0.29, 0.717) is 22.4 Å². The topological polar surface area (TPSA) is 0 Å². The van der Waals surface area contributed by atoms with Crippen molar-refractivity contribution in [2.75, 3.05) is 0 Å². The molecular weight excluding hydrogens is 381 g/mol. The van der Waals surface area contributed by atoms with Crippen LogP contribution in [0.2, 0.25) is 0 Å². The standard InChI is InChI=1S/C27H29F3/c1-2-3-4-5-18-6-8-19(9-7-18)20-10-13-23-21(16-20)11-14-24(27(23)30)22-12-15-25(28)26(29)17-22/h10-19H,2-9H2,1H3/t18-,19-. The molecule has 0 amide bonds. The van der Waals surface area contributed by atoms with Gasteiger partial charge in [0.25, 0.3) is 0 Å². The summed E-state index contributed by atoms with van der Waals surface area (Å²) in [5.74, 6) is -0.864. The zero-order valence-corrected chi connectivity index (χ0v) is 17.6. The lowest BCUT2D eigenvalue weighted by atomic mass is 9.76. The molecule has 0 heterocycles. The van der Waals surface area contributed by atoms with Crippen LogP contribution in [0.4, 0.5) is 13.2 Å². The van der Waals surface area contributed by atoms with Crippen molar-refractivity contribution in [3.63, 3.8) is 0 Å². The smallest absolute Gasteiger partial charge is 0.159 e. The molecule has 0 radical (unpaired) electrons. The van der Waals surface area contributed by atoms with Gasteiger partial charge >= 0.3 is 0 Å². The number of benzene rings is 3. The van der Waals surface area contributed by atoms with Crippen LogP contribution in [-0.4, -0.2) is 0 Å². The maximum atomic E-state index is 15.1. The van der Waals surface area contributed by atoms with Crippen molar-refractivity contribution in [2.24, 2.45) is 5.92 Å². The van der Waals surface area contributed by atoms with Crippen LogP contribution >= 0.6 is 0 Å². The Bertz CT molecular complexity index is 1020. The molecule has 0 atom stereocenters. The van der Waals surface area contributed by atoms with Crippen LogP contribution in [0.1, 0.15) is 69.8 Å². The van der Waals surface area contributed by atoms with Gasteiger partial charge in [-0.15, -0.1) is 0 Å².